The molecule has 0 radical (unpaired) electrons. The summed E-state index contributed by atoms with van der Waals surface area (Å²) in [6, 6.07) is 2.66. The Morgan fingerprint density at radius 1 is 1.50 bits per heavy atom. The van der Waals surface area contributed by atoms with Gasteiger partial charge in [0.25, 0.3) is 5.91 Å². The molecule has 1 rings (SSSR count). The first kappa shape index (κ1) is 14.4. The van der Waals surface area contributed by atoms with E-state index in [1.165, 1.54) is 12.3 Å². The third-order valence-corrected chi connectivity index (χ3v) is 2.81. The molecular formula is C13H20N2O3. The number of aromatic amines is 1. The zero-order valence-corrected chi connectivity index (χ0v) is 11.0. The van der Waals surface area contributed by atoms with E-state index in [2.05, 4.69) is 10.3 Å². The first-order chi connectivity index (χ1) is 8.34. The molecule has 0 saturated heterocycles. The number of rotatable bonds is 4. The van der Waals surface area contributed by atoms with Crippen LogP contribution in [0.25, 0.3) is 0 Å². The third-order valence-electron chi connectivity index (χ3n) is 2.81. The van der Waals surface area contributed by atoms with Gasteiger partial charge in [0, 0.05) is 30.5 Å². The van der Waals surface area contributed by atoms with E-state index >= 15 is 0 Å². The van der Waals surface area contributed by atoms with Crippen LogP contribution in [0.4, 0.5) is 0 Å². The summed E-state index contributed by atoms with van der Waals surface area (Å²) < 4.78 is 0. The first-order valence-electron chi connectivity index (χ1n) is 5.95. The van der Waals surface area contributed by atoms with Crippen molar-refractivity contribution in [3.8, 4) is 0 Å². The number of carbonyl (C=O) groups excluding carboxylic acids is 1. The molecule has 1 atom stereocenters. The van der Waals surface area contributed by atoms with E-state index in [1.807, 2.05) is 20.8 Å². The highest BCUT2D eigenvalue weighted by Crippen LogP contribution is 2.21. The smallest absolute Gasteiger partial charge is 0.251 e. The number of hydrogen-bond acceptors (Lipinski definition) is 3. The van der Waals surface area contributed by atoms with Crippen LogP contribution in [-0.2, 0) is 0 Å². The van der Waals surface area contributed by atoms with Crippen LogP contribution in [0, 0.1) is 5.41 Å². The highest BCUT2D eigenvalue weighted by atomic mass is 16.3. The Hall–Kier alpha value is -1.62. The van der Waals surface area contributed by atoms with E-state index in [1.54, 1.807) is 6.07 Å². The molecule has 0 aromatic carbocycles. The Bertz CT molecular complexity index is 460. The molecule has 1 unspecified atom stereocenters. The topological polar surface area (TPSA) is 82.2 Å². The molecule has 0 spiro atoms. The van der Waals surface area contributed by atoms with Gasteiger partial charge in [0.1, 0.15) is 0 Å². The second kappa shape index (κ2) is 5.82. The average Bonchev–Trinajstić information content (AvgIpc) is 2.27. The fourth-order valence-electron chi connectivity index (χ4n) is 1.68. The lowest BCUT2D eigenvalue weighted by atomic mass is 9.85. The Balaban J connectivity index is 2.82. The summed E-state index contributed by atoms with van der Waals surface area (Å²) in [7, 11) is 0. The van der Waals surface area contributed by atoms with Gasteiger partial charge >= 0.3 is 0 Å². The van der Waals surface area contributed by atoms with Crippen molar-refractivity contribution in [2.75, 3.05) is 6.61 Å². The maximum Gasteiger partial charge on any atom is 0.251 e. The average molecular weight is 252 g/mol. The van der Waals surface area contributed by atoms with E-state index in [4.69, 9.17) is 5.11 Å². The SMILES string of the molecule is CC(C)(C)C(CCO)NC(=O)c1cc[nH]c(=O)c1. The number of hydrogen-bond donors (Lipinski definition) is 3. The van der Waals surface area contributed by atoms with Crippen molar-refractivity contribution >= 4 is 5.91 Å². The van der Waals surface area contributed by atoms with Crippen LogP contribution in [0.1, 0.15) is 37.6 Å². The zero-order chi connectivity index (χ0) is 13.8. The summed E-state index contributed by atoms with van der Waals surface area (Å²) in [6.45, 7) is 5.99. The van der Waals surface area contributed by atoms with Crippen LogP contribution < -0.4 is 10.9 Å². The molecular weight excluding hydrogens is 232 g/mol. The number of carbonyl (C=O) groups is 1. The molecule has 5 heteroatoms. The second-order valence-corrected chi connectivity index (χ2v) is 5.35. The summed E-state index contributed by atoms with van der Waals surface area (Å²) in [5.41, 5.74) is -0.136. The van der Waals surface area contributed by atoms with Gasteiger partial charge in [0.2, 0.25) is 5.56 Å². The van der Waals surface area contributed by atoms with Gasteiger partial charge in [-0.1, -0.05) is 20.8 Å². The summed E-state index contributed by atoms with van der Waals surface area (Å²) >= 11 is 0. The Morgan fingerprint density at radius 3 is 2.67 bits per heavy atom. The predicted molar refractivity (Wildman–Crippen MR) is 69.5 cm³/mol. The molecule has 0 aliphatic rings. The fraction of sp³-hybridized carbons (Fsp3) is 0.538. The number of pyridine rings is 1. The van der Waals surface area contributed by atoms with Crippen LogP contribution in [0.2, 0.25) is 0 Å². The van der Waals surface area contributed by atoms with E-state index in [0.717, 1.165) is 0 Å². The van der Waals surface area contributed by atoms with Gasteiger partial charge in [-0.25, -0.2) is 0 Å². The molecule has 18 heavy (non-hydrogen) atoms. The van der Waals surface area contributed by atoms with Crippen molar-refractivity contribution in [1.29, 1.82) is 0 Å². The van der Waals surface area contributed by atoms with Crippen molar-refractivity contribution in [1.82, 2.24) is 10.3 Å². The largest absolute Gasteiger partial charge is 0.396 e. The highest BCUT2D eigenvalue weighted by Gasteiger charge is 2.26. The molecule has 1 heterocycles. The molecule has 1 aromatic heterocycles. The second-order valence-electron chi connectivity index (χ2n) is 5.35. The van der Waals surface area contributed by atoms with Crippen molar-refractivity contribution in [2.45, 2.75) is 33.2 Å². The monoisotopic (exact) mass is 252 g/mol. The lowest BCUT2D eigenvalue weighted by Crippen LogP contribution is -2.44. The molecule has 5 nitrogen and oxygen atoms in total. The predicted octanol–water partition coefficient (Wildman–Crippen LogP) is 0.902. The van der Waals surface area contributed by atoms with E-state index in [-0.39, 0.29) is 29.5 Å². The van der Waals surface area contributed by atoms with Gasteiger partial charge in [-0.3, -0.25) is 9.59 Å². The quantitative estimate of drug-likeness (QED) is 0.744. The maximum absolute atomic E-state index is 12.0. The van der Waals surface area contributed by atoms with Gasteiger partial charge in [-0.15, -0.1) is 0 Å². The maximum atomic E-state index is 12.0. The molecule has 1 amide bonds. The molecule has 3 N–H and O–H groups in total. The highest BCUT2D eigenvalue weighted by molar-refractivity contribution is 5.94. The summed E-state index contributed by atoms with van der Waals surface area (Å²) in [5.74, 6) is -0.297. The lowest BCUT2D eigenvalue weighted by molar-refractivity contribution is 0.0885. The normalized spacial score (nSPS) is 13.1. The van der Waals surface area contributed by atoms with Crippen molar-refractivity contribution < 1.29 is 9.90 Å². The molecule has 0 aliphatic carbocycles. The number of aliphatic hydroxyl groups excluding tert-OH is 1. The Labute approximate surface area is 106 Å². The molecule has 0 bridgehead atoms. The van der Waals surface area contributed by atoms with Crippen molar-refractivity contribution in [2.24, 2.45) is 5.41 Å². The first-order valence-corrected chi connectivity index (χ1v) is 5.95. The number of H-pyrrole nitrogens is 1. The van der Waals surface area contributed by atoms with Crippen LogP contribution in [-0.4, -0.2) is 28.6 Å². The van der Waals surface area contributed by atoms with Gasteiger partial charge < -0.3 is 15.4 Å². The Morgan fingerprint density at radius 2 is 2.17 bits per heavy atom. The number of aliphatic hydroxyl groups is 1. The number of amides is 1. The van der Waals surface area contributed by atoms with E-state index < -0.39 is 0 Å². The summed E-state index contributed by atoms with van der Waals surface area (Å²) in [6.07, 6.45) is 1.92. The number of nitrogens with one attached hydrogen (secondary N) is 2. The van der Waals surface area contributed by atoms with Gasteiger partial charge in [-0.2, -0.15) is 0 Å². The lowest BCUT2D eigenvalue weighted by Gasteiger charge is -2.31. The van der Waals surface area contributed by atoms with Crippen LogP contribution in [0.15, 0.2) is 23.1 Å². The van der Waals surface area contributed by atoms with Crippen LogP contribution >= 0.6 is 0 Å². The zero-order valence-electron chi connectivity index (χ0n) is 11.0. The molecule has 0 saturated carbocycles. The summed E-state index contributed by atoms with van der Waals surface area (Å²) in [5, 5.41) is 11.9. The minimum absolute atomic E-state index is 0.0115. The van der Waals surface area contributed by atoms with Crippen LogP contribution in [0.5, 0.6) is 0 Å². The summed E-state index contributed by atoms with van der Waals surface area (Å²) in [4.78, 5) is 25.6. The van der Waals surface area contributed by atoms with E-state index in [9.17, 15) is 9.59 Å². The molecule has 100 valence electrons. The fourth-order valence-corrected chi connectivity index (χ4v) is 1.68. The molecule has 0 aliphatic heterocycles. The minimum atomic E-state index is -0.308. The van der Waals surface area contributed by atoms with E-state index in [0.29, 0.717) is 12.0 Å². The van der Waals surface area contributed by atoms with Gasteiger partial charge in [0.15, 0.2) is 0 Å². The minimum Gasteiger partial charge on any atom is -0.396 e. The van der Waals surface area contributed by atoms with Gasteiger partial charge in [-0.05, 0) is 17.9 Å². The third kappa shape index (κ3) is 4.00. The Kier molecular flexibility index (Phi) is 4.67. The van der Waals surface area contributed by atoms with Gasteiger partial charge in [0.05, 0.1) is 0 Å². The molecule has 1 aromatic rings. The number of aromatic nitrogens is 1. The van der Waals surface area contributed by atoms with Crippen molar-refractivity contribution in [3.05, 3.63) is 34.2 Å². The molecule has 0 fully saturated rings. The van der Waals surface area contributed by atoms with Crippen molar-refractivity contribution in [3.63, 3.8) is 0 Å². The standard InChI is InChI=1S/C13H20N2O3/c1-13(2,3)10(5-7-16)15-12(18)9-4-6-14-11(17)8-9/h4,6,8,10,16H,5,7H2,1-3H3,(H,14,17)(H,15,18). The van der Waals surface area contributed by atoms with Crippen LogP contribution in [0.3, 0.4) is 0 Å².